The standard InChI is InChI=1S/C22H24ClNO3/c1-16(8-9-18-6-4-3-5-7-18)24-22(26)17(2)27-21(25)15-12-19-10-13-20(23)14-11-19/h3-7,10-17H,8-9H2,1-2H3,(H,24,26)/b15-12+/t16-,17-/m1/s1. The van der Waals surface area contributed by atoms with Crippen LogP contribution in [0.15, 0.2) is 60.7 Å². The summed E-state index contributed by atoms with van der Waals surface area (Å²) >= 11 is 5.82. The summed E-state index contributed by atoms with van der Waals surface area (Å²) in [5.74, 6) is -0.867. The summed E-state index contributed by atoms with van der Waals surface area (Å²) in [6, 6.07) is 17.1. The Balaban J connectivity index is 1.75. The molecule has 0 fully saturated rings. The highest BCUT2D eigenvalue weighted by Gasteiger charge is 2.18. The lowest BCUT2D eigenvalue weighted by atomic mass is 10.1. The van der Waals surface area contributed by atoms with Gasteiger partial charge in [-0.3, -0.25) is 4.79 Å². The molecule has 0 spiro atoms. The zero-order chi connectivity index (χ0) is 19.6. The van der Waals surface area contributed by atoms with Crippen LogP contribution >= 0.6 is 11.6 Å². The van der Waals surface area contributed by atoms with Crippen LogP contribution in [0.3, 0.4) is 0 Å². The predicted molar refractivity (Wildman–Crippen MR) is 108 cm³/mol. The van der Waals surface area contributed by atoms with Crippen LogP contribution in [0.4, 0.5) is 0 Å². The molecule has 0 aliphatic rings. The highest BCUT2D eigenvalue weighted by molar-refractivity contribution is 6.30. The maximum atomic E-state index is 12.2. The largest absolute Gasteiger partial charge is 0.449 e. The van der Waals surface area contributed by atoms with Crippen LogP contribution in [0.25, 0.3) is 6.08 Å². The molecule has 0 aromatic heterocycles. The molecule has 5 heteroatoms. The molecule has 2 atom stereocenters. The zero-order valence-corrected chi connectivity index (χ0v) is 16.3. The summed E-state index contributed by atoms with van der Waals surface area (Å²) in [4.78, 5) is 24.1. The first-order valence-electron chi connectivity index (χ1n) is 8.92. The molecule has 0 heterocycles. The minimum absolute atomic E-state index is 0.0107. The lowest BCUT2D eigenvalue weighted by Crippen LogP contribution is -2.40. The van der Waals surface area contributed by atoms with E-state index in [-0.39, 0.29) is 11.9 Å². The zero-order valence-electron chi connectivity index (χ0n) is 15.5. The summed E-state index contributed by atoms with van der Waals surface area (Å²) < 4.78 is 5.16. The van der Waals surface area contributed by atoms with Gasteiger partial charge in [0.1, 0.15) is 0 Å². The minimum atomic E-state index is -0.855. The monoisotopic (exact) mass is 385 g/mol. The first-order valence-corrected chi connectivity index (χ1v) is 9.30. The molecule has 0 saturated heterocycles. The third kappa shape index (κ3) is 7.67. The molecule has 1 N–H and O–H groups in total. The molecule has 2 aromatic carbocycles. The van der Waals surface area contributed by atoms with Gasteiger partial charge in [0.05, 0.1) is 0 Å². The van der Waals surface area contributed by atoms with Gasteiger partial charge < -0.3 is 10.1 Å². The third-order valence-electron chi connectivity index (χ3n) is 4.04. The second-order valence-electron chi connectivity index (χ2n) is 6.40. The number of benzene rings is 2. The number of ether oxygens (including phenoxy) is 1. The number of amides is 1. The van der Waals surface area contributed by atoms with Crippen molar-refractivity contribution in [1.82, 2.24) is 5.32 Å². The van der Waals surface area contributed by atoms with Gasteiger partial charge in [0.25, 0.3) is 5.91 Å². The highest BCUT2D eigenvalue weighted by atomic mass is 35.5. The van der Waals surface area contributed by atoms with Crippen LogP contribution in [0.1, 0.15) is 31.4 Å². The van der Waals surface area contributed by atoms with Gasteiger partial charge in [-0.1, -0.05) is 54.1 Å². The predicted octanol–water partition coefficient (Wildman–Crippen LogP) is 4.42. The van der Waals surface area contributed by atoms with Crippen LogP contribution in [-0.4, -0.2) is 24.0 Å². The average Bonchev–Trinajstić information content (AvgIpc) is 2.66. The molecule has 0 aliphatic heterocycles. The van der Waals surface area contributed by atoms with E-state index in [4.69, 9.17) is 16.3 Å². The van der Waals surface area contributed by atoms with Gasteiger partial charge in [-0.2, -0.15) is 0 Å². The van der Waals surface area contributed by atoms with Crippen LogP contribution in [-0.2, 0) is 20.7 Å². The van der Waals surface area contributed by atoms with Crippen molar-refractivity contribution in [3.63, 3.8) is 0 Å². The third-order valence-corrected chi connectivity index (χ3v) is 4.29. The van der Waals surface area contributed by atoms with Crippen LogP contribution in [0, 0.1) is 0 Å². The molecule has 0 radical (unpaired) electrons. The van der Waals surface area contributed by atoms with Crippen LogP contribution < -0.4 is 5.32 Å². The molecule has 27 heavy (non-hydrogen) atoms. The Hall–Kier alpha value is -2.59. The number of esters is 1. The van der Waals surface area contributed by atoms with E-state index < -0.39 is 12.1 Å². The van der Waals surface area contributed by atoms with Gasteiger partial charge in [0.15, 0.2) is 6.10 Å². The number of hydrogen-bond donors (Lipinski definition) is 1. The molecule has 2 aromatic rings. The lowest BCUT2D eigenvalue weighted by molar-refractivity contribution is -0.150. The van der Waals surface area contributed by atoms with Gasteiger partial charge in [-0.15, -0.1) is 0 Å². The molecule has 2 rings (SSSR count). The van der Waals surface area contributed by atoms with Crippen molar-refractivity contribution < 1.29 is 14.3 Å². The summed E-state index contributed by atoms with van der Waals surface area (Å²) in [5.41, 5.74) is 2.05. The number of aryl methyl sites for hydroxylation is 1. The average molecular weight is 386 g/mol. The number of halogens is 1. The molecule has 0 saturated carbocycles. The highest BCUT2D eigenvalue weighted by Crippen LogP contribution is 2.11. The van der Waals surface area contributed by atoms with Crippen molar-refractivity contribution in [3.8, 4) is 0 Å². The van der Waals surface area contributed by atoms with Gasteiger partial charge in [0.2, 0.25) is 0 Å². The number of hydrogen-bond acceptors (Lipinski definition) is 3. The van der Waals surface area contributed by atoms with Gasteiger partial charge in [-0.05, 0) is 56.0 Å². The summed E-state index contributed by atoms with van der Waals surface area (Å²) in [7, 11) is 0. The fraction of sp³-hybridized carbons (Fsp3) is 0.273. The topological polar surface area (TPSA) is 55.4 Å². The number of carbonyl (C=O) groups excluding carboxylic acids is 2. The SMILES string of the molecule is C[C@H](CCc1ccccc1)NC(=O)[C@@H](C)OC(=O)/C=C/c1ccc(Cl)cc1. The van der Waals surface area contributed by atoms with Crippen molar-refractivity contribution >= 4 is 29.6 Å². The first kappa shape index (κ1) is 20.7. The minimum Gasteiger partial charge on any atom is -0.449 e. The summed E-state index contributed by atoms with van der Waals surface area (Å²) in [6.45, 7) is 3.50. The van der Waals surface area contributed by atoms with Crippen molar-refractivity contribution in [1.29, 1.82) is 0 Å². The smallest absolute Gasteiger partial charge is 0.331 e. The normalized spacial score (nSPS) is 13.1. The second kappa shape index (κ2) is 10.5. The fourth-order valence-electron chi connectivity index (χ4n) is 2.47. The fourth-order valence-corrected chi connectivity index (χ4v) is 2.59. The van der Waals surface area contributed by atoms with E-state index in [1.54, 1.807) is 37.3 Å². The maximum absolute atomic E-state index is 12.2. The Morgan fingerprint density at radius 3 is 2.41 bits per heavy atom. The van der Waals surface area contributed by atoms with Crippen molar-refractivity contribution in [3.05, 3.63) is 76.8 Å². The number of nitrogens with one attached hydrogen (secondary N) is 1. The van der Waals surface area contributed by atoms with Crippen LogP contribution in [0.5, 0.6) is 0 Å². The Morgan fingerprint density at radius 2 is 1.74 bits per heavy atom. The van der Waals surface area contributed by atoms with Gasteiger partial charge in [-0.25, -0.2) is 4.79 Å². The molecular weight excluding hydrogens is 362 g/mol. The molecule has 142 valence electrons. The Kier molecular flexibility index (Phi) is 8.08. The van der Waals surface area contributed by atoms with E-state index in [2.05, 4.69) is 17.4 Å². The van der Waals surface area contributed by atoms with Crippen molar-refractivity contribution in [2.75, 3.05) is 0 Å². The summed E-state index contributed by atoms with van der Waals surface area (Å²) in [6.07, 6.45) is 3.75. The van der Waals surface area contributed by atoms with Crippen molar-refractivity contribution in [2.45, 2.75) is 38.8 Å². The molecule has 0 aliphatic carbocycles. The lowest BCUT2D eigenvalue weighted by Gasteiger charge is -2.17. The van der Waals surface area contributed by atoms with E-state index in [1.165, 1.54) is 11.6 Å². The van der Waals surface area contributed by atoms with Gasteiger partial charge >= 0.3 is 5.97 Å². The second-order valence-corrected chi connectivity index (χ2v) is 6.83. The summed E-state index contributed by atoms with van der Waals surface area (Å²) in [5, 5.41) is 3.51. The van der Waals surface area contributed by atoms with E-state index in [1.807, 2.05) is 25.1 Å². The van der Waals surface area contributed by atoms with Gasteiger partial charge in [0, 0.05) is 17.1 Å². The van der Waals surface area contributed by atoms with E-state index in [9.17, 15) is 9.59 Å². The van der Waals surface area contributed by atoms with E-state index in [0.717, 1.165) is 18.4 Å². The Labute approximate surface area is 165 Å². The molecule has 4 nitrogen and oxygen atoms in total. The molecule has 0 unspecified atom stereocenters. The number of rotatable bonds is 8. The first-order chi connectivity index (χ1) is 12.9. The number of carbonyl (C=O) groups is 2. The Morgan fingerprint density at radius 1 is 1.07 bits per heavy atom. The van der Waals surface area contributed by atoms with Crippen LogP contribution in [0.2, 0.25) is 5.02 Å². The van der Waals surface area contributed by atoms with E-state index >= 15 is 0 Å². The molecular formula is C22H24ClNO3. The maximum Gasteiger partial charge on any atom is 0.331 e. The Bertz CT molecular complexity index is 772. The quantitative estimate of drug-likeness (QED) is 0.540. The van der Waals surface area contributed by atoms with Crippen molar-refractivity contribution in [2.24, 2.45) is 0 Å². The molecule has 1 amide bonds. The van der Waals surface area contributed by atoms with E-state index in [0.29, 0.717) is 5.02 Å². The molecule has 0 bridgehead atoms.